The molecule has 0 radical (unpaired) electrons. The Morgan fingerprint density at radius 3 is 2.81 bits per heavy atom. The first kappa shape index (κ1) is 12.1. The summed E-state index contributed by atoms with van der Waals surface area (Å²) in [5.74, 6) is 0. The fourth-order valence-corrected chi connectivity index (χ4v) is 3.25. The largest absolute Gasteiger partial charge is 0.378 e. The highest BCUT2D eigenvalue weighted by atomic mass is 32.1. The lowest BCUT2D eigenvalue weighted by Crippen LogP contribution is -2.45. The SMILES string of the molecule is CNC(Cc1cccs1)CC1(OC)CCC1. The predicted octanol–water partition coefficient (Wildman–Crippen LogP) is 2.84. The van der Waals surface area contributed by atoms with Crippen molar-refractivity contribution in [1.29, 1.82) is 0 Å². The van der Waals surface area contributed by atoms with E-state index in [1.165, 1.54) is 24.1 Å². The van der Waals surface area contributed by atoms with Gasteiger partial charge >= 0.3 is 0 Å². The lowest BCUT2D eigenvalue weighted by atomic mass is 9.75. The van der Waals surface area contributed by atoms with Crippen LogP contribution in [0.1, 0.15) is 30.6 Å². The summed E-state index contributed by atoms with van der Waals surface area (Å²) in [4.78, 5) is 1.46. The molecule has 3 heteroatoms. The normalized spacial score (nSPS) is 20.4. The molecule has 2 nitrogen and oxygen atoms in total. The molecule has 1 atom stereocenters. The zero-order valence-corrected chi connectivity index (χ0v) is 11.0. The van der Waals surface area contributed by atoms with Gasteiger partial charge in [0.25, 0.3) is 0 Å². The van der Waals surface area contributed by atoms with Gasteiger partial charge in [0.2, 0.25) is 0 Å². The maximum absolute atomic E-state index is 5.69. The van der Waals surface area contributed by atoms with Crippen molar-refractivity contribution in [3.05, 3.63) is 22.4 Å². The smallest absolute Gasteiger partial charge is 0.0693 e. The topological polar surface area (TPSA) is 21.3 Å². The molecule has 90 valence electrons. The third-order valence-electron chi connectivity index (χ3n) is 3.75. The van der Waals surface area contributed by atoms with Gasteiger partial charge in [0.1, 0.15) is 0 Å². The number of ether oxygens (including phenoxy) is 1. The van der Waals surface area contributed by atoms with E-state index in [2.05, 4.69) is 29.9 Å². The molecule has 1 aromatic rings. The zero-order valence-electron chi connectivity index (χ0n) is 10.2. The fraction of sp³-hybridized carbons (Fsp3) is 0.692. The van der Waals surface area contributed by atoms with Crippen molar-refractivity contribution in [2.75, 3.05) is 14.2 Å². The van der Waals surface area contributed by atoms with Crippen LogP contribution in [0.15, 0.2) is 17.5 Å². The Morgan fingerprint density at radius 1 is 1.56 bits per heavy atom. The summed E-state index contributed by atoms with van der Waals surface area (Å²) in [6.45, 7) is 0. The summed E-state index contributed by atoms with van der Waals surface area (Å²) in [6, 6.07) is 4.89. The molecule has 0 aromatic carbocycles. The second-order valence-electron chi connectivity index (χ2n) is 4.71. The number of thiophene rings is 1. The average molecular weight is 239 g/mol. The minimum Gasteiger partial charge on any atom is -0.378 e. The first-order valence-corrected chi connectivity index (χ1v) is 6.91. The molecule has 0 spiro atoms. The van der Waals surface area contributed by atoms with Gasteiger partial charge in [0, 0.05) is 18.0 Å². The number of nitrogens with one attached hydrogen (secondary N) is 1. The zero-order chi connectivity index (χ0) is 11.4. The van der Waals surface area contributed by atoms with Crippen LogP contribution in [0.25, 0.3) is 0 Å². The molecule has 0 amide bonds. The molecule has 0 aliphatic heterocycles. The number of hydrogen-bond acceptors (Lipinski definition) is 3. The Hall–Kier alpha value is -0.380. The van der Waals surface area contributed by atoms with Gasteiger partial charge in [0.15, 0.2) is 0 Å². The van der Waals surface area contributed by atoms with Crippen LogP contribution >= 0.6 is 11.3 Å². The molecule has 1 unspecified atom stereocenters. The van der Waals surface area contributed by atoms with E-state index in [0.29, 0.717) is 6.04 Å². The van der Waals surface area contributed by atoms with Crippen molar-refractivity contribution < 1.29 is 4.74 Å². The summed E-state index contributed by atoms with van der Waals surface area (Å²) < 4.78 is 5.69. The van der Waals surface area contributed by atoms with E-state index in [1.807, 2.05) is 18.4 Å². The monoisotopic (exact) mass is 239 g/mol. The lowest BCUT2D eigenvalue weighted by Gasteiger charge is -2.42. The minimum atomic E-state index is 0.172. The number of likely N-dealkylation sites (N-methyl/N-ethyl adjacent to an activating group) is 1. The van der Waals surface area contributed by atoms with Crippen molar-refractivity contribution in [3.63, 3.8) is 0 Å². The van der Waals surface area contributed by atoms with Gasteiger partial charge in [-0.15, -0.1) is 11.3 Å². The molecule has 1 N–H and O–H groups in total. The van der Waals surface area contributed by atoms with Gasteiger partial charge in [-0.2, -0.15) is 0 Å². The van der Waals surface area contributed by atoms with Gasteiger partial charge < -0.3 is 10.1 Å². The van der Waals surface area contributed by atoms with Crippen molar-refractivity contribution in [2.24, 2.45) is 0 Å². The fourth-order valence-electron chi connectivity index (χ4n) is 2.46. The van der Waals surface area contributed by atoms with E-state index >= 15 is 0 Å². The molecule has 0 bridgehead atoms. The van der Waals surface area contributed by atoms with Gasteiger partial charge in [-0.1, -0.05) is 6.07 Å². The molecule has 1 fully saturated rings. The quantitative estimate of drug-likeness (QED) is 0.824. The Morgan fingerprint density at radius 2 is 2.38 bits per heavy atom. The van der Waals surface area contributed by atoms with Crippen molar-refractivity contribution >= 4 is 11.3 Å². The molecule has 1 aliphatic rings. The highest BCUT2D eigenvalue weighted by molar-refractivity contribution is 7.09. The molecule has 16 heavy (non-hydrogen) atoms. The summed E-state index contributed by atoms with van der Waals surface area (Å²) in [7, 11) is 3.91. The van der Waals surface area contributed by atoms with E-state index in [-0.39, 0.29) is 5.60 Å². The van der Waals surface area contributed by atoms with E-state index in [1.54, 1.807) is 0 Å². The van der Waals surface area contributed by atoms with Crippen LogP contribution in [0, 0.1) is 0 Å². The van der Waals surface area contributed by atoms with Crippen LogP contribution in [0.4, 0.5) is 0 Å². The predicted molar refractivity (Wildman–Crippen MR) is 69.1 cm³/mol. The standard InChI is InChI=1S/C13H21NOS/c1-14-11(9-12-5-3-8-16-12)10-13(15-2)6-4-7-13/h3,5,8,11,14H,4,6-7,9-10H2,1-2H3. The first-order chi connectivity index (χ1) is 7.78. The van der Waals surface area contributed by atoms with E-state index in [9.17, 15) is 0 Å². The Bertz CT molecular complexity index is 300. The number of rotatable bonds is 6. The van der Waals surface area contributed by atoms with Crippen molar-refractivity contribution in [1.82, 2.24) is 5.32 Å². The Balaban J connectivity index is 1.90. The molecule has 2 rings (SSSR count). The maximum Gasteiger partial charge on any atom is 0.0693 e. The third-order valence-corrected chi connectivity index (χ3v) is 4.65. The second kappa shape index (κ2) is 5.30. The summed E-state index contributed by atoms with van der Waals surface area (Å²) >= 11 is 1.85. The summed E-state index contributed by atoms with van der Waals surface area (Å²) in [5.41, 5.74) is 0.172. The van der Waals surface area contributed by atoms with E-state index in [0.717, 1.165) is 12.8 Å². The molecule has 1 heterocycles. The van der Waals surface area contributed by atoms with Gasteiger partial charge in [-0.3, -0.25) is 0 Å². The van der Waals surface area contributed by atoms with Crippen LogP contribution in [0.5, 0.6) is 0 Å². The van der Waals surface area contributed by atoms with Crippen LogP contribution < -0.4 is 5.32 Å². The number of methoxy groups -OCH3 is 1. The molecular weight excluding hydrogens is 218 g/mol. The van der Waals surface area contributed by atoms with Crippen LogP contribution in [0.2, 0.25) is 0 Å². The maximum atomic E-state index is 5.69. The second-order valence-corrected chi connectivity index (χ2v) is 5.75. The van der Waals surface area contributed by atoms with Crippen molar-refractivity contribution in [2.45, 2.75) is 43.7 Å². The van der Waals surface area contributed by atoms with Gasteiger partial charge in [0.05, 0.1) is 5.60 Å². The number of hydrogen-bond donors (Lipinski definition) is 1. The van der Waals surface area contributed by atoms with Crippen LogP contribution in [-0.4, -0.2) is 25.8 Å². The molecule has 1 aliphatic carbocycles. The Labute approximate surface area is 102 Å². The first-order valence-electron chi connectivity index (χ1n) is 6.03. The highest BCUT2D eigenvalue weighted by Gasteiger charge is 2.38. The van der Waals surface area contributed by atoms with Crippen LogP contribution in [-0.2, 0) is 11.2 Å². The molecule has 1 saturated carbocycles. The van der Waals surface area contributed by atoms with Gasteiger partial charge in [-0.25, -0.2) is 0 Å². The highest BCUT2D eigenvalue weighted by Crippen LogP contribution is 2.39. The third kappa shape index (κ3) is 2.65. The van der Waals surface area contributed by atoms with Crippen molar-refractivity contribution in [3.8, 4) is 0 Å². The molecule has 0 saturated heterocycles. The minimum absolute atomic E-state index is 0.172. The Kier molecular flexibility index (Phi) is 4.00. The van der Waals surface area contributed by atoms with E-state index < -0.39 is 0 Å². The molecule has 1 aromatic heterocycles. The van der Waals surface area contributed by atoms with E-state index in [4.69, 9.17) is 4.74 Å². The van der Waals surface area contributed by atoms with Gasteiger partial charge in [-0.05, 0) is 50.6 Å². The summed E-state index contributed by atoms with van der Waals surface area (Å²) in [5, 5.41) is 5.58. The van der Waals surface area contributed by atoms with Crippen LogP contribution in [0.3, 0.4) is 0 Å². The lowest BCUT2D eigenvalue weighted by molar-refractivity contribution is -0.0830. The summed E-state index contributed by atoms with van der Waals surface area (Å²) in [6.07, 6.45) is 6.04. The average Bonchev–Trinajstić information content (AvgIpc) is 2.74. The molecular formula is C13H21NOS.